The van der Waals surface area contributed by atoms with Gasteiger partial charge in [-0.2, -0.15) is 0 Å². The molecule has 5 nitrogen and oxygen atoms in total. The summed E-state index contributed by atoms with van der Waals surface area (Å²) >= 11 is 0. The lowest BCUT2D eigenvalue weighted by Gasteiger charge is -2.17. The quantitative estimate of drug-likeness (QED) is 0.670. The molecule has 1 aromatic heterocycles. The van der Waals surface area contributed by atoms with E-state index in [0.717, 1.165) is 12.5 Å². The molecule has 1 aliphatic rings. The SMILES string of the molecule is CC(CC1CC1)Nc1c(F)cc([N+](=O)[O-])c2cccnc12. The van der Waals surface area contributed by atoms with Crippen LogP contribution in [0.1, 0.15) is 26.2 Å². The fraction of sp³-hybridized carbons (Fsp3) is 0.400. The molecule has 0 aliphatic heterocycles. The Morgan fingerprint density at radius 3 is 3.00 bits per heavy atom. The van der Waals surface area contributed by atoms with Crippen LogP contribution < -0.4 is 5.32 Å². The van der Waals surface area contributed by atoms with Crippen molar-refractivity contribution in [2.45, 2.75) is 32.2 Å². The summed E-state index contributed by atoms with van der Waals surface area (Å²) in [6.45, 7) is 1.99. The molecule has 6 heteroatoms. The first-order valence-electron chi connectivity index (χ1n) is 7.04. The fourth-order valence-electron chi connectivity index (χ4n) is 2.64. The number of nitro groups is 1. The van der Waals surface area contributed by atoms with Gasteiger partial charge >= 0.3 is 0 Å². The summed E-state index contributed by atoms with van der Waals surface area (Å²) in [6, 6.07) is 4.29. The van der Waals surface area contributed by atoms with Gasteiger partial charge in [0.2, 0.25) is 0 Å². The third-order valence-corrected chi connectivity index (χ3v) is 3.79. The van der Waals surface area contributed by atoms with Gasteiger partial charge in [0.1, 0.15) is 5.52 Å². The van der Waals surface area contributed by atoms with Crippen LogP contribution in [0.25, 0.3) is 10.9 Å². The van der Waals surface area contributed by atoms with Crippen molar-refractivity contribution in [1.29, 1.82) is 0 Å². The van der Waals surface area contributed by atoms with Crippen molar-refractivity contribution in [3.8, 4) is 0 Å². The van der Waals surface area contributed by atoms with E-state index in [1.165, 1.54) is 19.0 Å². The van der Waals surface area contributed by atoms with Gasteiger partial charge in [-0.25, -0.2) is 4.39 Å². The highest BCUT2D eigenvalue weighted by molar-refractivity contribution is 5.97. The zero-order valence-electron chi connectivity index (χ0n) is 11.7. The van der Waals surface area contributed by atoms with Crippen LogP contribution in [0.2, 0.25) is 0 Å². The molecule has 1 atom stereocenters. The number of benzene rings is 1. The van der Waals surface area contributed by atoms with E-state index in [9.17, 15) is 14.5 Å². The van der Waals surface area contributed by atoms with Crippen LogP contribution in [-0.2, 0) is 0 Å². The van der Waals surface area contributed by atoms with Crippen LogP contribution in [0.5, 0.6) is 0 Å². The zero-order valence-corrected chi connectivity index (χ0v) is 11.7. The molecule has 110 valence electrons. The summed E-state index contributed by atoms with van der Waals surface area (Å²) in [5.41, 5.74) is 0.312. The van der Waals surface area contributed by atoms with E-state index in [4.69, 9.17) is 0 Å². The van der Waals surface area contributed by atoms with Gasteiger partial charge in [0, 0.05) is 12.2 Å². The zero-order chi connectivity index (χ0) is 15.0. The molecular formula is C15H16FN3O2. The number of pyridine rings is 1. The molecule has 3 rings (SSSR count). The van der Waals surface area contributed by atoms with Crippen LogP contribution in [0.15, 0.2) is 24.4 Å². The highest BCUT2D eigenvalue weighted by Gasteiger charge is 2.25. The first kappa shape index (κ1) is 13.7. The number of aromatic nitrogens is 1. The highest BCUT2D eigenvalue weighted by Crippen LogP contribution is 2.36. The molecule has 1 unspecified atom stereocenters. The molecule has 0 bridgehead atoms. The van der Waals surface area contributed by atoms with Gasteiger partial charge in [-0.15, -0.1) is 0 Å². The van der Waals surface area contributed by atoms with Gasteiger partial charge in [0.05, 0.1) is 22.1 Å². The number of halogens is 1. The van der Waals surface area contributed by atoms with Gasteiger partial charge in [0.25, 0.3) is 5.69 Å². The number of anilines is 1. The van der Waals surface area contributed by atoms with E-state index < -0.39 is 10.7 Å². The first-order chi connectivity index (χ1) is 10.1. The molecule has 1 N–H and O–H groups in total. The number of hydrogen-bond donors (Lipinski definition) is 1. The normalized spacial score (nSPS) is 15.9. The Labute approximate surface area is 121 Å². The number of non-ortho nitro benzene ring substituents is 1. The number of rotatable bonds is 5. The lowest BCUT2D eigenvalue weighted by molar-refractivity contribution is -0.383. The fourth-order valence-corrected chi connectivity index (χ4v) is 2.64. The predicted molar refractivity (Wildman–Crippen MR) is 78.8 cm³/mol. The largest absolute Gasteiger partial charge is 0.378 e. The second kappa shape index (κ2) is 5.27. The van der Waals surface area contributed by atoms with E-state index >= 15 is 0 Å². The Morgan fingerprint density at radius 1 is 1.57 bits per heavy atom. The molecule has 1 fully saturated rings. The predicted octanol–water partition coefficient (Wildman–Crippen LogP) is 3.88. The molecule has 0 amide bonds. The van der Waals surface area contributed by atoms with Crippen molar-refractivity contribution in [1.82, 2.24) is 4.98 Å². The van der Waals surface area contributed by atoms with Crippen molar-refractivity contribution in [3.63, 3.8) is 0 Å². The van der Waals surface area contributed by atoms with Crippen LogP contribution in [0.3, 0.4) is 0 Å². The van der Waals surface area contributed by atoms with Crippen molar-refractivity contribution < 1.29 is 9.31 Å². The molecule has 2 aromatic rings. The van der Waals surface area contributed by atoms with Gasteiger partial charge in [-0.3, -0.25) is 15.1 Å². The van der Waals surface area contributed by atoms with E-state index in [1.807, 2.05) is 6.92 Å². The number of fused-ring (bicyclic) bond motifs is 1. The van der Waals surface area contributed by atoms with Crippen molar-refractivity contribution in [2.24, 2.45) is 5.92 Å². The lowest BCUT2D eigenvalue weighted by atomic mass is 10.1. The maximum Gasteiger partial charge on any atom is 0.281 e. The van der Waals surface area contributed by atoms with E-state index in [0.29, 0.717) is 16.8 Å². The summed E-state index contributed by atoms with van der Waals surface area (Å²) < 4.78 is 14.2. The van der Waals surface area contributed by atoms with E-state index in [1.54, 1.807) is 12.1 Å². The van der Waals surface area contributed by atoms with Gasteiger partial charge in [-0.05, 0) is 31.4 Å². The summed E-state index contributed by atoms with van der Waals surface area (Å²) in [5, 5.41) is 14.5. The Balaban J connectivity index is 2.03. The second-order valence-electron chi connectivity index (χ2n) is 5.63. The van der Waals surface area contributed by atoms with Gasteiger partial charge < -0.3 is 5.32 Å². The number of nitro benzene ring substituents is 1. The maximum atomic E-state index is 14.2. The molecule has 0 radical (unpaired) electrons. The number of nitrogens with zero attached hydrogens (tertiary/aromatic N) is 2. The Kier molecular flexibility index (Phi) is 3.45. The van der Waals surface area contributed by atoms with E-state index in [-0.39, 0.29) is 17.4 Å². The highest BCUT2D eigenvalue weighted by atomic mass is 19.1. The summed E-state index contributed by atoms with van der Waals surface area (Å²) in [4.78, 5) is 14.6. The number of nitrogens with one attached hydrogen (secondary N) is 1. The van der Waals surface area contributed by atoms with Crippen LogP contribution in [0.4, 0.5) is 15.8 Å². The molecule has 1 aliphatic carbocycles. The molecular weight excluding hydrogens is 273 g/mol. The minimum atomic E-state index is -0.629. The molecule has 21 heavy (non-hydrogen) atoms. The van der Waals surface area contributed by atoms with Crippen LogP contribution in [0, 0.1) is 21.8 Å². The minimum absolute atomic E-state index is 0.110. The molecule has 1 aromatic carbocycles. The average Bonchev–Trinajstić information content (AvgIpc) is 3.25. The van der Waals surface area contributed by atoms with Gasteiger partial charge in [-0.1, -0.05) is 12.8 Å². The summed E-state index contributed by atoms with van der Waals surface area (Å²) in [7, 11) is 0. The van der Waals surface area contributed by atoms with E-state index in [2.05, 4.69) is 10.3 Å². The lowest BCUT2D eigenvalue weighted by Crippen LogP contribution is -2.17. The Hall–Kier alpha value is -2.24. The van der Waals surface area contributed by atoms with Gasteiger partial charge in [0.15, 0.2) is 5.82 Å². The van der Waals surface area contributed by atoms with Crippen LogP contribution in [-0.4, -0.2) is 15.9 Å². The minimum Gasteiger partial charge on any atom is -0.378 e. The average molecular weight is 289 g/mol. The Bertz CT molecular complexity index is 701. The standard InChI is InChI=1S/C15H16FN3O2/c1-9(7-10-4-5-10)18-15-12(16)8-13(19(20)21)11-3-2-6-17-14(11)15/h2-3,6,8-10,18H,4-5,7H2,1H3. The van der Waals surface area contributed by atoms with Crippen molar-refractivity contribution in [3.05, 3.63) is 40.3 Å². The summed E-state index contributed by atoms with van der Waals surface area (Å²) in [6.07, 6.45) is 4.95. The molecule has 1 saturated carbocycles. The third-order valence-electron chi connectivity index (χ3n) is 3.79. The van der Waals surface area contributed by atoms with Crippen LogP contribution >= 0.6 is 0 Å². The molecule has 0 saturated heterocycles. The smallest absolute Gasteiger partial charge is 0.281 e. The topological polar surface area (TPSA) is 68.1 Å². The first-order valence-corrected chi connectivity index (χ1v) is 7.04. The maximum absolute atomic E-state index is 14.2. The molecule has 0 spiro atoms. The number of hydrogen-bond acceptors (Lipinski definition) is 4. The third kappa shape index (κ3) is 2.79. The second-order valence-corrected chi connectivity index (χ2v) is 5.63. The Morgan fingerprint density at radius 2 is 2.33 bits per heavy atom. The summed E-state index contributed by atoms with van der Waals surface area (Å²) in [5.74, 6) is 0.0865. The van der Waals surface area contributed by atoms with Crippen molar-refractivity contribution >= 4 is 22.3 Å². The molecule has 1 heterocycles. The monoisotopic (exact) mass is 289 g/mol. The van der Waals surface area contributed by atoms with Crippen molar-refractivity contribution in [2.75, 3.05) is 5.32 Å².